The summed E-state index contributed by atoms with van der Waals surface area (Å²) < 4.78 is 5.57. The molecule has 1 unspecified atom stereocenters. The minimum atomic E-state index is -0.661. The van der Waals surface area contributed by atoms with E-state index in [9.17, 15) is 9.90 Å². The zero-order chi connectivity index (χ0) is 14.0. The van der Waals surface area contributed by atoms with Crippen LogP contribution in [0.4, 0.5) is 0 Å². The van der Waals surface area contributed by atoms with E-state index in [1.54, 1.807) is 0 Å². The van der Waals surface area contributed by atoms with Crippen molar-refractivity contribution in [3.05, 3.63) is 0 Å². The molecule has 0 aliphatic heterocycles. The molecular weight excluding hydrogens is 228 g/mol. The first-order valence-corrected chi connectivity index (χ1v) is 7.29. The van der Waals surface area contributed by atoms with Gasteiger partial charge in [0.1, 0.15) is 0 Å². The summed E-state index contributed by atoms with van der Waals surface area (Å²) in [5.41, 5.74) is -0.576. The van der Waals surface area contributed by atoms with Crippen molar-refractivity contribution in [2.45, 2.75) is 66.2 Å². The number of aliphatic carboxylic acids is 1. The fourth-order valence-electron chi connectivity index (χ4n) is 2.05. The first kappa shape index (κ1) is 17.4. The molecule has 0 aliphatic carbocycles. The highest BCUT2D eigenvalue weighted by atomic mass is 16.5. The van der Waals surface area contributed by atoms with Crippen molar-refractivity contribution in [2.75, 3.05) is 13.2 Å². The molecule has 0 aromatic rings. The fraction of sp³-hybridized carbons (Fsp3) is 0.933. The lowest BCUT2D eigenvalue weighted by molar-refractivity contribution is -0.151. The van der Waals surface area contributed by atoms with Crippen molar-refractivity contribution in [3.63, 3.8) is 0 Å². The van der Waals surface area contributed by atoms with E-state index in [2.05, 4.69) is 20.8 Å². The summed E-state index contributed by atoms with van der Waals surface area (Å²) >= 11 is 0. The second kappa shape index (κ2) is 9.37. The molecule has 0 heterocycles. The van der Waals surface area contributed by atoms with Gasteiger partial charge in [-0.1, -0.05) is 40.5 Å². The maximum absolute atomic E-state index is 11.5. The number of ether oxygens (including phenoxy) is 1. The Balaban J connectivity index is 4.12. The highest BCUT2D eigenvalue weighted by Gasteiger charge is 2.35. The molecule has 0 aromatic heterocycles. The molecule has 0 fully saturated rings. The fourth-order valence-corrected chi connectivity index (χ4v) is 2.05. The minimum absolute atomic E-state index is 0.566. The molecule has 0 aliphatic rings. The molecular formula is C15H30O3. The van der Waals surface area contributed by atoms with Gasteiger partial charge in [-0.2, -0.15) is 0 Å². The van der Waals surface area contributed by atoms with Gasteiger partial charge in [0.25, 0.3) is 0 Å². The van der Waals surface area contributed by atoms with Crippen LogP contribution in [-0.2, 0) is 9.53 Å². The SMILES string of the molecule is CCCCC(CC)(CCOCCC(C)C)C(=O)O. The predicted octanol–water partition coefficient (Wildman–Crippen LogP) is 4.11. The lowest BCUT2D eigenvalue weighted by Gasteiger charge is -2.28. The van der Waals surface area contributed by atoms with Crippen LogP contribution in [0.25, 0.3) is 0 Å². The summed E-state index contributed by atoms with van der Waals surface area (Å²) in [6.45, 7) is 9.71. The van der Waals surface area contributed by atoms with E-state index in [1.807, 2.05) is 6.92 Å². The zero-order valence-electron chi connectivity index (χ0n) is 12.5. The number of rotatable bonds is 11. The molecule has 3 heteroatoms. The lowest BCUT2D eigenvalue weighted by atomic mass is 9.77. The van der Waals surface area contributed by atoms with Crippen LogP contribution in [0.1, 0.15) is 66.2 Å². The summed E-state index contributed by atoms with van der Waals surface area (Å²) in [4.78, 5) is 11.5. The summed E-state index contributed by atoms with van der Waals surface area (Å²) in [5, 5.41) is 9.44. The van der Waals surface area contributed by atoms with Crippen molar-refractivity contribution in [1.29, 1.82) is 0 Å². The molecule has 0 bridgehead atoms. The average molecular weight is 258 g/mol. The molecule has 108 valence electrons. The van der Waals surface area contributed by atoms with Crippen molar-refractivity contribution >= 4 is 5.97 Å². The molecule has 0 aromatic carbocycles. The second-order valence-electron chi connectivity index (χ2n) is 5.59. The number of carboxylic acid groups (broad SMARTS) is 1. The van der Waals surface area contributed by atoms with Gasteiger partial charge in [0, 0.05) is 13.2 Å². The van der Waals surface area contributed by atoms with Crippen molar-refractivity contribution in [3.8, 4) is 0 Å². The Morgan fingerprint density at radius 3 is 2.33 bits per heavy atom. The molecule has 3 nitrogen and oxygen atoms in total. The van der Waals surface area contributed by atoms with Crippen LogP contribution in [0.3, 0.4) is 0 Å². The second-order valence-corrected chi connectivity index (χ2v) is 5.59. The van der Waals surface area contributed by atoms with Gasteiger partial charge in [-0.3, -0.25) is 4.79 Å². The third-order valence-electron chi connectivity index (χ3n) is 3.70. The van der Waals surface area contributed by atoms with Crippen molar-refractivity contribution < 1.29 is 14.6 Å². The van der Waals surface area contributed by atoms with Gasteiger partial charge in [-0.25, -0.2) is 0 Å². The maximum atomic E-state index is 11.5. The molecule has 0 spiro atoms. The van der Waals surface area contributed by atoms with Gasteiger partial charge in [0.15, 0.2) is 0 Å². The molecule has 1 atom stereocenters. The van der Waals surface area contributed by atoms with Crippen LogP contribution in [0.5, 0.6) is 0 Å². The number of hydrogen-bond acceptors (Lipinski definition) is 2. The zero-order valence-corrected chi connectivity index (χ0v) is 12.5. The van der Waals surface area contributed by atoms with Gasteiger partial charge in [-0.15, -0.1) is 0 Å². The van der Waals surface area contributed by atoms with Gasteiger partial charge in [0.2, 0.25) is 0 Å². The van der Waals surface area contributed by atoms with E-state index in [4.69, 9.17) is 4.74 Å². The van der Waals surface area contributed by atoms with Crippen LogP contribution in [0.2, 0.25) is 0 Å². The summed E-state index contributed by atoms with van der Waals surface area (Å²) in [5.74, 6) is -0.0218. The summed E-state index contributed by atoms with van der Waals surface area (Å²) in [6, 6.07) is 0. The summed E-state index contributed by atoms with van der Waals surface area (Å²) in [6.07, 6.45) is 5.16. The maximum Gasteiger partial charge on any atom is 0.309 e. The van der Waals surface area contributed by atoms with E-state index < -0.39 is 11.4 Å². The molecule has 0 rings (SSSR count). The van der Waals surface area contributed by atoms with Crippen LogP contribution < -0.4 is 0 Å². The number of carbonyl (C=O) groups is 1. The van der Waals surface area contributed by atoms with E-state index in [0.29, 0.717) is 25.4 Å². The molecule has 1 N–H and O–H groups in total. The highest BCUT2D eigenvalue weighted by molar-refractivity contribution is 5.74. The Bertz CT molecular complexity index is 226. The Labute approximate surface area is 112 Å². The van der Waals surface area contributed by atoms with Gasteiger partial charge in [-0.05, 0) is 31.6 Å². The van der Waals surface area contributed by atoms with Crippen LogP contribution in [0, 0.1) is 11.3 Å². The van der Waals surface area contributed by atoms with Gasteiger partial charge in [0.05, 0.1) is 5.41 Å². The third kappa shape index (κ3) is 6.39. The Morgan fingerprint density at radius 2 is 1.89 bits per heavy atom. The van der Waals surface area contributed by atoms with Crippen molar-refractivity contribution in [2.24, 2.45) is 11.3 Å². The van der Waals surface area contributed by atoms with E-state index in [0.717, 1.165) is 32.3 Å². The van der Waals surface area contributed by atoms with E-state index in [1.165, 1.54) is 0 Å². The van der Waals surface area contributed by atoms with E-state index in [-0.39, 0.29) is 0 Å². The largest absolute Gasteiger partial charge is 0.481 e. The molecule has 0 saturated carbocycles. The highest BCUT2D eigenvalue weighted by Crippen LogP contribution is 2.33. The number of carboxylic acids is 1. The normalized spacial score (nSPS) is 14.7. The first-order chi connectivity index (χ1) is 8.48. The minimum Gasteiger partial charge on any atom is -0.481 e. The smallest absolute Gasteiger partial charge is 0.309 e. The molecule has 0 saturated heterocycles. The molecule has 0 amide bonds. The standard InChI is InChI=1S/C15H30O3/c1-5-7-9-15(6-2,14(16)17)10-12-18-11-8-13(3)4/h13H,5-12H2,1-4H3,(H,16,17). The molecule has 18 heavy (non-hydrogen) atoms. The van der Waals surface area contributed by atoms with Crippen LogP contribution in [0.15, 0.2) is 0 Å². The first-order valence-electron chi connectivity index (χ1n) is 7.29. The topological polar surface area (TPSA) is 46.5 Å². The van der Waals surface area contributed by atoms with Gasteiger partial charge >= 0.3 is 5.97 Å². The molecule has 0 radical (unpaired) electrons. The van der Waals surface area contributed by atoms with Gasteiger partial charge < -0.3 is 9.84 Å². The lowest BCUT2D eigenvalue weighted by Crippen LogP contribution is -2.32. The Hall–Kier alpha value is -0.570. The predicted molar refractivity (Wildman–Crippen MR) is 74.8 cm³/mol. The monoisotopic (exact) mass is 258 g/mol. The quantitative estimate of drug-likeness (QED) is 0.567. The summed E-state index contributed by atoms with van der Waals surface area (Å²) in [7, 11) is 0. The Kier molecular flexibility index (Phi) is 9.08. The average Bonchev–Trinajstić information content (AvgIpc) is 2.32. The van der Waals surface area contributed by atoms with Crippen LogP contribution in [-0.4, -0.2) is 24.3 Å². The Morgan fingerprint density at radius 1 is 1.22 bits per heavy atom. The van der Waals surface area contributed by atoms with Crippen LogP contribution >= 0.6 is 0 Å². The van der Waals surface area contributed by atoms with Crippen molar-refractivity contribution in [1.82, 2.24) is 0 Å². The third-order valence-corrected chi connectivity index (χ3v) is 3.70. The number of hydrogen-bond donors (Lipinski definition) is 1. The number of unbranched alkanes of at least 4 members (excludes halogenated alkanes) is 1. The van der Waals surface area contributed by atoms with E-state index >= 15 is 0 Å².